The van der Waals surface area contributed by atoms with Gasteiger partial charge in [0.25, 0.3) is 0 Å². The van der Waals surface area contributed by atoms with E-state index in [0.717, 1.165) is 0 Å². The average molecular weight is 322 g/mol. The maximum absolute atomic E-state index is 15.1. The largest absolute Gasteiger partial charge is 0.393 e. The summed E-state index contributed by atoms with van der Waals surface area (Å²) in [5.41, 5.74) is 3.52. The molecular weight excluding hydrogens is 303 g/mol. The third-order valence-corrected chi connectivity index (χ3v) is 4.79. The molecule has 8 heteroatoms. The number of nitrogen functional groups attached to an aromatic ring is 1. The first-order chi connectivity index (χ1) is 10.8. The molecule has 1 saturated heterocycles. The van der Waals surface area contributed by atoms with E-state index in [-0.39, 0.29) is 6.42 Å². The fourth-order valence-corrected chi connectivity index (χ4v) is 3.82. The summed E-state index contributed by atoms with van der Waals surface area (Å²) in [6, 6.07) is 1.78. The van der Waals surface area contributed by atoms with Gasteiger partial charge < -0.3 is 24.9 Å². The predicted octanol–water partition coefficient (Wildman–Crippen LogP) is 1.31. The number of alkyl halides is 1. The van der Waals surface area contributed by atoms with Gasteiger partial charge in [0, 0.05) is 12.6 Å². The van der Waals surface area contributed by atoms with Crippen molar-refractivity contribution in [1.82, 2.24) is 14.5 Å². The van der Waals surface area contributed by atoms with E-state index >= 15 is 4.39 Å². The standard InChI is InChI=1S/C15H19FN4O3/c1-13(2)22-12-14(16,7-21)4-5-15(12,23-13)20-6-3-9-10(17)18-8-19-11(9)20/h3,6,8,12,21H,4-5,7H2,1-2H3,(H2,17,18,19)/t12-,14+,15-/m1/s1. The second-order valence-corrected chi connectivity index (χ2v) is 6.72. The summed E-state index contributed by atoms with van der Waals surface area (Å²) >= 11 is 0. The van der Waals surface area contributed by atoms with Crippen LogP contribution in [0.25, 0.3) is 11.0 Å². The number of ether oxygens (including phenoxy) is 2. The normalized spacial score (nSPS) is 35.7. The van der Waals surface area contributed by atoms with E-state index in [0.29, 0.717) is 23.3 Å². The lowest BCUT2D eigenvalue weighted by atomic mass is 10.0. The van der Waals surface area contributed by atoms with Crippen LogP contribution < -0.4 is 5.73 Å². The smallest absolute Gasteiger partial charge is 0.179 e. The highest BCUT2D eigenvalue weighted by atomic mass is 19.1. The van der Waals surface area contributed by atoms with E-state index in [4.69, 9.17) is 15.2 Å². The third-order valence-electron chi connectivity index (χ3n) is 4.79. The van der Waals surface area contributed by atoms with E-state index in [1.165, 1.54) is 6.33 Å². The zero-order valence-corrected chi connectivity index (χ0v) is 13.0. The first-order valence-corrected chi connectivity index (χ1v) is 7.57. The molecule has 2 aromatic rings. The number of aromatic nitrogens is 3. The maximum atomic E-state index is 15.1. The maximum Gasteiger partial charge on any atom is 0.179 e. The van der Waals surface area contributed by atoms with Crippen LogP contribution in [0, 0.1) is 0 Å². The Morgan fingerprint density at radius 1 is 1.43 bits per heavy atom. The van der Waals surface area contributed by atoms with Crippen molar-refractivity contribution in [3.63, 3.8) is 0 Å². The second kappa shape index (κ2) is 4.40. The Hall–Kier alpha value is -1.77. The lowest BCUT2D eigenvalue weighted by Crippen LogP contribution is -2.48. The van der Waals surface area contributed by atoms with Crippen LogP contribution in [0.3, 0.4) is 0 Å². The zero-order valence-electron chi connectivity index (χ0n) is 13.0. The number of nitrogens with two attached hydrogens (primary N) is 1. The lowest BCUT2D eigenvalue weighted by molar-refractivity contribution is -0.191. The van der Waals surface area contributed by atoms with Crippen molar-refractivity contribution < 1.29 is 19.0 Å². The molecule has 124 valence electrons. The average Bonchev–Trinajstić information content (AvgIpc) is 3.12. The first-order valence-electron chi connectivity index (χ1n) is 7.57. The summed E-state index contributed by atoms with van der Waals surface area (Å²) in [5, 5.41) is 10.2. The Bertz CT molecular complexity index is 779. The molecule has 3 heterocycles. The Balaban J connectivity index is 1.92. The summed E-state index contributed by atoms with van der Waals surface area (Å²) < 4.78 is 28.9. The van der Waals surface area contributed by atoms with Crippen molar-refractivity contribution in [2.75, 3.05) is 12.3 Å². The molecule has 3 atom stereocenters. The third kappa shape index (κ3) is 1.85. The van der Waals surface area contributed by atoms with Crippen LogP contribution in [0.15, 0.2) is 18.6 Å². The second-order valence-electron chi connectivity index (χ2n) is 6.72. The molecule has 0 aromatic carbocycles. The molecule has 2 fully saturated rings. The first kappa shape index (κ1) is 14.8. The van der Waals surface area contributed by atoms with E-state index in [1.807, 2.05) is 0 Å². The molecule has 1 saturated carbocycles. The minimum Gasteiger partial charge on any atom is -0.393 e. The van der Waals surface area contributed by atoms with Crippen LogP contribution >= 0.6 is 0 Å². The number of nitrogens with zero attached hydrogens (tertiary/aromatic N) is 3. The number of aliphatic hydroxyl groups is 1. The van der Waals surface area contributed by atoms with Crippen molar-refractivity contribution in [3.8, 4) is 0 Å². The Labute approximate surface area is 132 Å². The summed E-state index contributed by atoms with van der Waals surface area (Å²) in [6.45, 7) is 2.86. The predicted molar refractivity (Wildman–Crippen MR) is 80.1 cm³/mol. The van der Waals surface area contributed by atoms with Crippen LogP contribution in [0.2, 0.25) is 0 Å². The summed E-state index contributed by atoms with van der Waals surface area (Å²) in [5.74, 6) is -0.612. The van der Waals surface area contributed by atoms with E-state index in [1.54, 1.807) is 30.7 Å². The molecule has 0 amide bonds. The number of anilines is 1. The number of rotatable bonds is 2. The van der Waals surface area contributed by atoms with Crippen molar-refractivity contribution in [3.05, 3.63) is 18.6 Å². The van der Waals surface area contributed by atoms with Gasteiger partial charge in [-0.2, -0.15) is 0 Å². The van der Waals surface area contributed by atoms with E-state index in [2.05, 4.69) is 9.97 Å². The van der Waals surface area contributed by atoms with Crippen LogP contribution in [0.1, 0.15) is 26.7 Å². The molecule has 1 aliphatic heterocycles. The lowest BCUT2D eigenvalue weighted by Gasteiger charge is -2.32. The quantitative estimate of drug-likeness (QED) is 0.865. The highest BCUT2D eigenvalue weighted by molar-refractivity contribution is 5.86. The molecule has 4 rings (SSSR count). The Kier molecular flexibility index (Phi) is 2.83. The molecule has 0 unspecified atom stereocenters. The highest BCUT2D eigenvalue weighted by Gasteiger charge is 2.68. The number of aliphatic hydroxyl groups excluding tert-OH is 1. The topological polar surface area (TPSA) is 95.4 Å². The molecule has 2 aromatic heterocycles. The van der Waals surface area contributed by atoms with Gasteiger partial charge in [-0.05, 0) is 26.3 Å². The molecule has 23 heavy (non-hydrogen) atoms. The minimum atomic E-state index is -1.86. The molecular formula is C15H19FN4O3. The Morgan fingerprint density at radius 2 is 2.22 bits per heavy atom. The van der Waals surface area contributed by atoms with Crippen molar-refractivity contribution >= 4 is 16.9 Å². The van der Waals surface area contributed by atoms with Crippen LogP contribution in [-0.4, -0.2) is 43.8 Å². The van der Waals surface area contributed by atoms with Gasteiger partial charge in [0.05, 0.1) is 12.0 Å². The van der Waals surface area contributed by atoms with Gasteiger partial charge >= 0.3 is 0 Å². The molecule has 2 aliphatic rings. The molecule has 7 nitrogen and oxygen atoms in total. The van der Waals surface area contributed by atoms with Crippen molar-refractivity contribution in [2.24, 2.45) is 0 Å². The minimum absolute atomic E-state index is 0.143. The Morgan fingerprint density at radius 3 is 2.96 bits per heavy atom. The molecule has 0 radical (unpaired) electrons. The number of halogens is 1. The van der Waals surface area contributed by atoms with Gasteiger partial charge in [-0.25, -0.2) is 14.4 Å². The van der Waals surface area contributed by atoms with Crippen molar-refractivity contribution in [2.45, 2.75) is 50.0 Å². The molecule has 3 N–H and O–H groups in total. The van der Waals surface area contributed by atoms with Gasteiger partial charge in [-0.3, -0.25) is 0 Å². The highest BCUT2D eigenvalue weighted by Crippen LogP contribution is 2.55. The number of fused-ring (bicyclic) bond motifs is 2. The van der Waals surface area contributed by atoms with Gasteiger partial charge in [0.1, 0.15) is 23.9 Å². The summed E-state index contributed by atoms with van der Waals surface area (Å²) in [4.78, 5) is 8.25. The van der Waals surface area contributed by atoms with Crippen LogP contribution in [0.5, 0.6) is 0 Å². The summed E-state index contributed by atoms with van der Waals surface area (Å²) in [6.07, 6.45) is 2.71. The van der Waals surface area contributed by atoms with Crippen LogP contribution in [-0.2, 0) is 15.2 Å². The van der Waals surface area contributed by atoms with Crippen molar-refractivity contribution in [1.29, 1.82) is 0 Å². The molecule has 0 spiro atoms. The molecule has 1 aliphatic carbocycles. The van der Waals surface area contributed by atoms with Gasteiger partial charge in [-0.15, -0.1) is 0 Å². The molecule has 0 bridgehead atoms. The number of hydrogen-bond donors (Lipinski definition) is 2. The fraction of sp³-hybridized carbons (Fsp3) is 0.600. The zero-order chi connectivity index (χ0) is 16.5. The monoisotopic (exact) mass is 322 g/mol. The number of hydrogen-bond acceptors (Lipinski definition) is 6. The van der Waals surface area contributed by atoms with Gasteiger partial charge in [0.2, 0.25) is 0 Å². The van der Waals surface area contributed by atoms with E-state index < -0.39 is 29.9 Å². The SMILES string of the molecule is CC1(C)O[C@@H]2[C@@](F)(CO)CC[C@@]2(n2ccc3c(N)ncnc32)O1. The summed E-state index contributed by atoms with van der Waals surface area (Å²) in [7, 11) is 0. The fourth-order valence-electron chi connectivity index (χ4n) is 3.82. The van der Waals surface area contributed by atoms with E-state index in [9.17, 15) is 5.11 Å². The van der Waals surface area contributed by atoms with Gasteiger partial charge in [0.15, 0.2) is 17.2 Å². The van der Waals surface area contributed by atoms with Gasteiger partial charge in [-0.1, -0.05) is 0 Å². The van der Waals surface area contributed by atoms with Crippen LogP contribution in [0.4, 0.5) is 10.2 Å².